The van der Waals surface area contributed by atoms with Crippen molar-refractivity contribution < 1.29 is 31.5 Å². The van der Waals surface area contributed by atoms with Gasteiger partial charge in [-0.05, 0) is 42.0 Å². The fraction of sp³-hybridized carbons (Fsp3) is 0.296. The number of hydrogen-bond donors (Lipinski definition) is 1. The molecule has 206 valence electrons. The van der Waals surface area contributed by atoms with E-state index in [1.165, 1.54) is 29.6 Å². The molecule has 2 aliphatic rings. The summed E-state index contributed by atoms with van der Waals surface area (Å²) in [6, 6.07) is 14.6. The highest BCUT2D eigenvalue weighted by Gasteiger charge is 2.42. The van der Waals surface area contributed by atoms with E-state index in [4.69, 9.17) is 11.6 Å². The van der Waals surface area contributed by atoms with Crippen molar-refractivity contribution in [3.05, 3.63) is 77.1 Å². The molecule has 1 N–H and O–H groups in total. The molecule has 0 amide bonds. The molecule has 1 saturated heterocycles. The molecule has 0 spiro atoms. The number of halogens is 4. The number of fused-ring (bicyclic) bond motifs is 1. The molecule has 1 fully saturated rings. The number of likely N-dealkylation sites (N-methyl/N-ethyl adjacent to an activating group) is 1. The van der Waals surface area contributed by atoms with Crippen LogP contribution in [0.4, 0.5) is 24.5 Å². The minimum absolute atomic E-state index is 0.0938. The smallest absolute Gasteiger partial charge is 0.338 e. The Labute approximate surface area is 229 Å². The molecule has 0 bridgehead atoms. The maximum Gasteiger partial charge on any atom is 0.338 e. The molecule has 0 radical (unpaired) electrons. The van der Waals surface area contributed by atoms with Crippen LogP contribution in [0.5, 0.6) is 0 Å². The monoisotopic (exact) mass is 579 g/mol. The van der Waals surface area contributed by atoms with Gasteiger partial charge in [0.2, 0.25) is 10.0 Å². The molecule has 2 aliphatic heterocycles. The molecular weight excluding hydrogens is 555 g/mol. The zero-order valence-electron chi connectivity index (χ0n) is 20.8. The number of benzene rings is 3. The first-order chi connectivity index (χ1) is 18.4. The van der Waals surface area contributed by atoms with Crippen molar-refractivity contribution in [2.75, 3.05) is 38.1 Å². The first kappa shape index (κ1) is 27.4. The van der Waals surface area contributed by atoms with Crippen LogP contribution < -0.4 is 4.90 Å². The van der Waals surface area contributed by atoms with Gasteiger partial charge in [0.1, 0.15) is 10.7 Å². The second-order valence-electron chi connectivity index (χ2n) is 9.76. The van der Waals surface area contributed by atoms with Crippen LogP contribution in [0.15, 0.2) is 65.6 Å². The summed E-state index contributed by atoms with van der Waals surface area (Å²) in [5.74, 6) is -5.23. The average molecular weight is 580 g/mol. The third-order valence-electron chi connectivity index (χ3n) is 7.20. The second-order valence-corrected chi connectivity index (χ2v) is 12.1. The molecule has 5 rings (SSSR count). The summed E-state index contributed by atoms with van der Waals surface area (Å²) in [6.07, 6.45) is -0.284. The van der Waals surface area contributed by atoms with Crippen molar-refractivity contribution in [2.45, 2.75) is 23.3 Å². The van der Waals surface area contributed by atoms with Gasteiger partial charge in [-0.15, -0.1) is 0 Å². The van der Waals surface area contributed by atoms with Gasteiger partial charge in [0.15, 0.2) is 0 Å². The number of hydrogen-bond acceptors (Lipinski definition) is 5. The van der Waals surface area contributed by atoms with Crippen LogP contribution in [-0.4, -0.2) is 73.9 Å². The summed E-state index contributed by atoms with van der Waals surface area (Å²) in [5, 5.41) is 9.49. The fourth-order valence-electron chi connectivity index (χ4n) is 5.10. The predicted octanol–water partition coefficient (Wildman–Crippen LogP) is 5.33. The third-order valence-corrected chi connectivity index (χ3v) is 9.45. The number of alkyl halides is 2. The van der Waals surface area contributed by atoms with Crippen molar-refractivity contribution in [1.29, 1.82) is 0 Å². The van der Waals surface area contributed by atoms with E-state index in [9.17, 15) is 31.5 Å². The average Bonchev–Trinajstić information content (AvgIpc) is 3.21. The van der Waals surface area contributed by atoms with Gasteiger partial charge in [-0.1, -0.05) is 35.9 Å². The Morgan fingerprint density at radius 2 is 1.85 bits per heavy atom. The minimum Gasteiger partial charge on any atom is -0.478 e. The third kappa shape index (κ3) is 5.23. The fourth-order valence-corrected chi connectivity index (χ4v) is 6.90. The number of para-hydroxylation sites is 1. The Bertz CT molecular complexity index is 1540. The van der Waals surface area contributed by atoms with E-state index < -0.39 is 45.9 Å². The van der Waals surface area contributed by atoms with E-state index in [1.54, 1.807) is 21.9 Å². The number of nitrogens with zero attached hydrogens (tertiary/aromatic N) is 3. The van der Waals surface area contributed by atoms with Crippen LogP contribution in [0, 0.1) is 5.82 Å². The number of likely N-dealkylation sites (tertiary alicyclic amines) is 1. The minimum atomic E-state index is -4.17. The van der Waals surface area contributed by atoms with Gasteiger partial charge in [0.05, 0.1) is 28.9 Å². The van der Waals surface area contributed by atoms with E-state index in [0.717, 1.165) is 12.1 Å². The highest BCUT2D eigenvalue weighted by atomic mass is 35.5. The molecule has 39 heavy (non-hydrogen) atoms. The molecule has 3 aromatic rings. The summed E-state index contributed by atoms with van der Waals surface area (Å²) < 4.78 is 71.1. The SMILES string of the molecule is CN1[C@H](CN2CCC(F)(F)C2)CN(c2ccccc2)c2cc(Cl)c(-c3ccc(F)c(C(=O)O)c3)cc2S1(=O)=O. The Morgan fingerprint density at radius 3 is 2.49 bits per heavy atom. The predicted molar refractivity (Wildman–Crippen MR) is 142 cm³/mol. The largest absolute Gasteiger partial charge is 0.478 e. The molecule has 12 heteroatoms. The van der Waals surface area contributed by atoms with Crippen LogP contribution in [0.3, 0.4) is 0 Å². The molecule has 3 aromatic carbocycles. The van der Waals surface area contributed by atoms with E-state index in [0.29, 0.717) is 5.69 Å². The molecule has 7 nitrogen and oxygen atoms in total. The lowest BCUT2D eigenvalue weighted by molar-refractivity contribution is 0.0109. The molecule has 0 saturated carbocycles. The summed E-state index contributed by atoms with van der Waals surface area (Å²) in [4.78, 5) is 14.8. The van der Waals surface area contributed by atoms with E-state index in [-0.39, 0.29) is 52.8 Å². The zero-order chi connectivity index (χ0) is 28.1. The quantitative estimate of drug-likeness (QED) is 0.440. The van der Waals surface area contributed by atoms with Crippen LogP contribution >= 0.6 is 11.6 Å². The zero-order valence-corrected chi connectivity index (χ0v) is 22.4. The van der Waals surface area contributed by atoms with Crippen LogP contribution in [0.2, 0.25) is 5.02 Å². The van der Waals surface area contributed by atoms with Crippen molar-refractivity contribution in [3.8, 4) is 11.1 Å². The van der Waals surface area contributed by atoms with Gasteiger partial charge >= 0.3 is 5.97 Å². The molecule has 0 aromatic heterocycles. The number of aromatic carboxylic acids is 1. The topological polar surface area (TPSA) is 81.2 Å². The number of anilines is 2. The number of carbonyl (C=O) groups is 1. The van der Waals surface area contributed by atoms with E-state index in [1.807, 2.05) is 18.2 Å². The number of rotatable bonds is 5. The normalized spacial score (nSPS) is 20.9. The number of sulfonamides is 1. The van der Waals surface area contributed by atoms with Crippen LogP contribution in [0.25, 0.3) is 11.1 Å². The van der Waals surface area contributed by atoms with Gasteiger partial charge in [-0.2, -0.15) is 4.31 Å². The summed E-state index contributed by atoms with van der Waals surface area (Å²) in [6.45, 7) is -0.0163. The standard InChI is InChI=1S/C27H25ClF3N3O4S/c1-32-19(14-33-10-9-27(30,31)16-33)15-34(18-5-3-2-4-6-18)24-13-22(28)20(12-25(24)39(32,37)38)17-7-8-23(29)21(11-17)26(35)36/h2-8,11-13,19H,9-10,14-16H2,1H3,(H,35,36)/t19-/m1/s1. The van der Waals surface area contributed by atoms with Gasteiger partial charge in [0.25, 0.3) is 5.92 Å². The van der Waals surface area contributed by atoms with E-state index in [2.05, 4.69) is 0 Å². The maximum atomic E-state index is 14.1. The molecule has 1 atom stereocenters. The van der Waals surface area contributed by atoms with Crippen molar-refractivity contribution in [3.63, 3.8) is 0 Å². The molecule has 2 heterocycles. The summed E-state index contributed by atoms with van der Waals surface area (Å²) in [7, 11) is -2.75. The first-order valence-corrected chi connectivity index (χ1v) is 14.0. The summed E-state index contributed by atoms with van der Waals surface area (Å²) >= 11 is 6.64. The Morgan fingerprint density at radius 1 is 1.13 bits per heavy atom. The Kier molecular flexibility index (Phi) is 7.13. The lowest BCUT2D eigenvalue weighted by atomic mass is 10.0. The van der Waals surface area contributed by atoms with Gasteiger partial charge in [0, 0.05) is 44.4 Å². The number of carboxylic acid groups (broad SMARTS) is 1. The molecule has 0 aliphatic carbocycles. The van der Waals surface area contributed by atoms with Gasteiger partial charge < -0.3 is 10.0 Å². The lowest BCUT2D eigenvalue weighted by Gasteiger charge is -2.32. The maximum absolute atomic E-state index is 14.1. The Balaban J connectivity index is 1.65. The summed E-state index contributed by atoms with van der Waals surface area (Å²) in [5.41, 5.74) is 0.828. The van der Waals surface area contributed by atoms with Crippen molar-refractivity contribution >= 4 is 39.0 Å². The number of carboxylic acids is 1. The Hall–Kier alpha value is -3.12. The van der Waals surface area contributed by atoms with E-state index >= 15 is 0 Å². The lowest BCUT2D eigenvalue weighted by Crippen LogP contribution is -2.48. The molecule has 0 unspecified atom stereocenters. The van der Waals surface area contributed by atoms with Gasteiger partial charge in [-0.25, -0.2) is 26.4 Å². The van der Waals surface area contributed by atoms with Crippen molar-refractivity contribution in [1.82, 2.24) is 9.21 Å². The van der Waals surface area contributed by atoms with Crippen LogP contribution in [0.1, 0.15) is 16.8 Å². The van der Waals surface area contributed by atoms with Crippen molar-refractivity contribution in [2.24, 2.45) is 0 Å². The molecular formula is C27H25ClF3N3O4S. The van der Waals surface area contributed by atoms with Gasteiger partial charge in [-0.3, -0.25) is 4.90 Å². The van der Waals surface area contributed by atoms with Crippen LogP contribution in [-0.2, 0) is 10.0 Å². The highest BCUT2D eigenvalue weighted by molar-refractivity contribution is 7.89. The highest BCUT2D eigenvalue weighted by Crippen LogP contribution is 2.43. The first-order valence-electron chi connectivity index (χ1n) is 12.1. The second kappa shape index (κ2) is 10.1.